The highest BCUT2D eigenvalue weighted by atomic mass is 19.1. The summed E-state index contributed by atoms with van der Waals surface area (Å²) in [6.45, 7) is 3.41. The fourth-order valence-electron chi connectivity index (χ4n) is 3.55. The van der Waals surface area contributed by atoms with Crippen LogP contribution in [0.15, 0.2) is 35.6 Å². The Morgan fingerprint density at radius 1 is 1.16 bits per heavy atom. The lowest BCUT2D eigenvalue weighted by atomic mass is 10.1. The number of nitrogens with one attached hydrogen (secondary N) is 1. The molecule has 126 valence electrons. The average molecular weight is 340 g/mol. The maximum Gasteiger partial charge on any atom is 0.148 e. The summed E-state index contributed by atoms with van der Waals surface area (Å²) < 4.78 is 30.9. The summed E-state index contributed by atoms with van der Waals surface area (Å²) in [5.41, 5.74) is 1.93. The van der Waals surface area contributed by atoms with E-state index in [-0.39, 0.29) is 17.3 Å². The number of hydrogen-bond donors (Lipinski definition) is 1. The predicted molar refractivity (Wildman–Crippen MR) is 88.9 cm³/mol. The molecule has 0 amide bonds. The van der Waals surface area contributed by atoms with Gasteiger partial charge in [-0.25, -0.2) is 18.5 Å². The van der Waals surface area contributed by atoms with Gasteiger partial charge in [0.1, 0.15) is 29.0 Å². The first-order chi connectivity index (χ1) is 12.1. The van der Waals surface area contributed by atoms with E-state index in [9.17, 15) is 8.78 Å². The standard InChI is InChI=1S/C17H14F2N6/c1-9-7-24-16(14-11(18)3-2-4-12(14)19)22-13-6-20-23-15(13)10-5-21-25(8-9)17(10)24/h2-6,9H,7-8H2,1H3,(H,20,23)/t9-/m0/s1. The van der Waals surface area contributed by atoms with Crippen LogP contribution in [0.3, 0.4) is 0 Å². The molecule has 2 aliphatic rings. The quantitative estimate of drug-likeness (QED) is 0.740. The molecule has 0 aliphatic carbocycles. The molecule has 0 saturated carbocycles. The Bertz CT molecular complexity index is 998. The zero-order chi connectivity index (χ0) is 17.1. The largest absolute Gasteiger partial charge is 0.310 e. The van der Waals surface area contributed by atoms with Crippen LogP contribution in [-0.4, -0.2) is 32.4 Å². The Hall–Kier alpha value is -3.03. The van der Waals surface area contributed by atoms with Crippen LogP contribution in [0, 0.1) is 17.6 Å². The first-order valence-electron chi connectivity index (χ1n) is 8.03. The molecule has 3 aromatic rings. The molecule has 0 unspecified atom stereocenters. The van der Waals surface area contributed by atoms with Gasteiger partial charge < -0.3 is 4.90 Å². The second kappa shape index (κ2) is 4.98. The van der Waals surface area contributed by atoms with Crippen LogP contribution in [0.5, 0.6) is 0 Å². The van der Waals surface area contributed by atoms with Crippen LogP contribution in [0.25, 0.3) is 11.3 Å². The maximum atomic E-state index is 14.5. The summed E-state index contributed by atoms with van der Waals surface area (Å²) >= 11 is 0. The first kappa shape index (κ1) is 14.3. The Kier molecular flexibility index (Phi) is 2.85. The van der Waals surface area contributed by atoms with Gasteiger partial charge in [0, 0.05) is 13.1 Å². The Morgan fingerprint density at radius 2 is 1.96 bits per heavy atom. The van der Waals surface area contributed by atoms with Gasteiger partial charge >= 0.3 is 0 Å². The van der Waals surface area contributed by atoms with Crippen molar-refractivity contribution < 1.29 is 8.78 Å². The molecule has 0 bridgehead atoms. The van der Waals surface area contributed by atoms with Crippen molar-refractivity contribution >= 4 is 17.3 Å². The molecule has 1 atom stereocenters. The fraction of sp³-hybridized carbons (Fsp3) is 0.235. The first-order valence-corrected chi connectivity index (χ1v) is 8.03. The fourth-order valence-corrected chi connectivity index (χ4v) is 3.55. The van der Waals surface area contributed by atoms with Crippen molar-refractivity contribution in [2.75, 3.05) is 11.4 Å². The number of nitrogens with zero attached hydrogens (tertiary/aromatic N) is 5. The number of halogens is 2. The van der Waals surface area contributed by atoms with E-state index in [1.807, 2.05) is 9.58 Å². The minimum absolute atomic E-state index is 0.135. The Labute approximate surface area is 141 Å². The van der Waals surface area contributed by atoms with E-state index in [0.29, 0.717) is 17.9 Å². The topological polar surface area (TPSA) is 62.1 Å². The number of fused-ring (bicyclic) bond motifs is 2. The number of aromatic nitrogens is 4. The summed E-state index contributed by atoms with van der Waals surface area (Å²) in [6, 6.07) is 3.84. The van der Waals surface area contributed by atoms with Crippen molar-refractivity contribution in [1.82, 2.24) is 20.0 Å². The van der Waals surface area contributed by atoms with Gasteiger partial charge in [-0.1, -0.05) is 13.0 Å². The SMILES string of the molecule is C[C@H]1CN2C(c3c(F)cccc3F)=Nc3cn[nH]c3-c3cnn(c32)C1. The van der Waals surface area contributed by atoms with Gasteiger partial charge in [0.15, 0.2) is 0 Å². The van der Waals surface area contributed by atoms with E-state index >= 15 is 0 Å². The molecule has 0 fully saturated rings. The van der Waals surface area contributed by atoms with E-state index in [1.165, 1.54) is 18.2 Å². The second-order valence-electron chi connectivity index (χ2n) is 6.44. The number of amidine groups is 1. The normalized spacial score (nSPS) is 18.4. The minimum Gasteiger partial charge on any atom is -0.310 e. The molecule has 25 heavy (non-hydrogen) atoms. The van der Waals surface area contributed by atoms with Gasteiger partial charge in [-0.2, -0.15) is 10.2 Å². The van der Waals surface area contributed by atoms with E-state index in [2.05, 4.69) is 27.2 Å². The number of aromatic amines is 1. The summed E-state index contributed by atoms with van der Waals surface area (Å²) in [7, 11) is 0. The van der Waals surface area contributed by atoms with Gasteiger partial charge in [-0.05, 0) is 18.1 Å². The van der Waals surface area contributed by atoms with Gasteiger partial charge in [-0.3, -0.25) is 5.10 Å². The molecule has 0 saturated heterocycles. The summed E-state index contributed by atoms with van der Waals surface area (Å²) in [6.07, 6.45) is 3.30. The van der Waals surface area contributed by atoms with E-state index < -0.39 is 11.6 Å². The highest BCUT2D eigenvalue weighted by Crippen LogP contribution is 2.42. The third-order valence-electron chi connectivity index (χ3n) is 4.60. The van der Waals surface area contributed by atoms with Crippen molar-refractivity contribution in [3.8, 4) is 11.3 Å². The lowest BCUT2D eigenvalue weighted by molar-refractivity contribution is 0.426. The molecular formula is C17H14F2N6. The van der Waals surface area contributed by atoms with Crippen LogP contribution in [0.1, 0.15) is 12.5 Å². The molecule has 2 aliphatic heterocycles. The molecule has 1 N–H and O–H groups in total. The molecule has 0 spiro atoms. The second-order valence-corrected chi connectivity index (χ2v) is 6.44. The molecule has 6 nitrogen and oxygen atoms in total. The zero-order valence-corrected chi connectivity index (χ0v) is 13.4. The van der Waals surface area contributed by atoms with E-state index in [4.69, 9.17) is 0 Å². The molecule has 8 heteroatoms. The average Bonchev–Trinajstić information content (AvgIpc) is 3.16. The third-order valence-corrected chi connectivity index (χ3v) is 4.60. The number of aliphatic imine (C=N–C) groups is 1. The summed E-state index contributed by atoms with van der Waals surface area (Å²) in [5.74, 6) is -0.00396. The third kappa shape index (κ3) is 1.97. The van der Waals surface area contributed by atoms with Crippen molar-refractivity contribution in [3.63, 3.8) is 0 Å². The van der Waals surface area contributed by atoms with Crippen molar-refractivity contribution in [3.05, 3.63) is 47.8 Å². The van der Waals surface area contributed by atoms with Crippen molar-refractivity contribution in [2.45, 2.75) is 13.5 Å². The number of hydrogen-bond acceptors (Lipinski definition) is 4. The van der Waals surface area contributed by atoms with Crippen LogP contribution >= 0.6 is 0 Å². The monoisotopic (exact) mass is 340 g/mol. The molecule has 1 aromatic carbocycles. The Balaban J connectivity index is 1.84. The molecule has 4 heterocycles. The minimum atomic E-state index is -0.642. The zero-order valence-electron chi connectivity index (χ0n) is 13.4. The Morgan fingerprint density at radius 3 is 2.76 bits per heavy atom. The highest BCUT2D eigenvalue weighted by Gasteiger charge is 2.35. The van der Waals surface area contributed by atoms with E-state index in [1.54, 1.807) is 12.4 Å². The molecule has 5 rings (SSSR count). The number of rotatable bonds is 1. The maximum absolute atomic E-state index is 14.5. The van der Waals surface area contributed by atoms with Crippen LogP contribution in [-0.2, 0) is 6.54 Å². The van der Waals surface area contributed by atoms with Gasteiger partial charge in [0.25, 0.3) is 0 Å². The van der Waals surface area contributed by atoms with E-state index in [0.717, 1.165) is 17.9 Å². The summed E-state index contributed by atoms with van der Waals surface area (Å²) in [4.78, 5) is 6.42. The lowest BCUT2D eigenvalue weighted by Gasteiger charge is -2.34. The van der Waals surface area contributed by atoms with Crippen LogP contribution < -0.4 is 4.90 Å². The van der Waals surface area contributed by atoms with Crippen LogP contribution in [0.2, 0.25) is 0 Å². The predicted octanol–water partition coefficient (Wildman–Crippen LogP) is 3.10. The van der Waals surface area contributed by atoms with Crippen LogP contribution in [0.4, 0.5) is 20.3 Å². The van der Waals surface area contributed by atoms with Gasteiger partial charge in [0.05, 0.1) is 29.2 Å². The van der Waals surface area contributed by atoms with Crippen molar-refractivity contribution in [1.29, 1.82) is 0 Å². The van der Waals surface area contributed by atoms with Gasteiger partial charge in [0.2, 0.25) is 0 Å². The highest BCUT2D eigenvalue weighted by molar-refractivity contribution is 6.14. The van der Waals surface area contributed by atoms with Gasteiger partial charge in [-0.15, -0.1) is 0 Å². The number of anilines is 1. The summed E-state index contributed by atoms with van der Waals surface area (Å²) in [5, 5.41) is 11.4. The number of benzene rings is 1. The van der Waals surface area contributed by atoms with Crippen molar-refractivity contribution in [2.24, 2.45) is 10.9 Å². The molecule has 2 aromatic heterocycles. The smallest absolute Gasteiger partial charge is 0.148 e. The molecular weight excluding hydrogens is 326 g/mol. The molecule has 0 radical (unpaired) electrons. The number of H-pyrrole nitrogens is 1. The lowest BCUT2D eigenvalue weighted by Crippen LogP contribution is -2.42.